The van der Waals surface area contributed by atoms with Crippen molar-refractivity contribution < 1.29 is 13.6 Å². The molecule has 1 aliphatic carbocycles. The molecule has 3 nitrogen and oxygen atoms in total. The normalized spacial score (nSPS) is 15.6. The van der Waals surface area contributed by atoms with E-state index in [1.807, 2.05) is 0 Å². The van der Waals surface area contributed by atoms with Gasteiger partial charge >= 0.3 is 8.60 Å². The maximum atomic E-state index is 6.95. The van der Waals surface area contributed by atoms with Gasteiger partial charge in [0.15, 0.2) is 0 Å². The minimum atomic E-state index is -1.72. The van der Waals surface area contributed by atoms with E-state index in [0.717, 1.165) is 24.3 Å². The Morgan fingerprint density at radius 3 is 1.26 bits per heavy atom. The Balaban J connectivity index is 1.59. The summed E-state index contributed by atoms with van der Waals surface area (Å²) in [7, 11) is -1.72. The maximum absolute atomic E-state index is 6.95. The van der Waals surface area contributed by atoms with Gasteiger partial charge in [-0.2, -0.15) is 0 Å². The lowest BCUT2D eigenvalue weighted by molar-refractivity contribution is 0.138. The summed E-state index contributed by atoms with van der Waals surface area (Å²) >= 11 is 0. The summed E-state index contributed by atoms with van der Waals surface area (Å²) < 4.78 is 20.7. The predicted octanol–water partition coefficient (Wildman–Crippen LogP) is 13.2. The standard InChI is InChI=1S/C42H57O3P/c1-39(2,3)32-20-18-28-26-37(35(41(7,8)9)24-30(28)22-32)44-46(43-34-16-14-13-15-17-34)45-38-27-29-19-21-33(40(4,5)6)23-31(29)25-36(38)42(10,11)12/h18-27,34H,13-17H2,1-12H3. The van der Waals surface area contributed by atoms with Gasteiger partial charge in [-0.25, -0.2) is 0 Å². The first-order chi connectivity index (χ1) is 21.3. The highest BCUT2D eigenvalue weighted by molar-refractivity contribution is 7.42. The monoisotopic (exact) mass is 640 g/mol. The van der Waals surface area contributed by atoms with Crippen molar-refractivity contribution in [3.63, 3.8) is 0 Å². The first-order valence-electron chi connectivity index (χ1n) is 17.3. The number of hydrogen-bond donors (Lipinski definition) is 0. The Bertz CT molecular complexity index is 1570. The lowest BCUT2D eigenvalue weighted by Gasteiger charge is -2.30. The average molecular weight is 641 g/mol. The number of hydrogen-bond acceptors (Lipinski definition) is 3. The van der Waals surface area contributed by atoms with Crippen LogP contribution < -0.4 is 9.05 Å². The Hall–Kier alpha value is -2.61. The first-order valence-corrected chi connectivity index (χ1v) is 18.4. The topological polar surface area (TPSA) is 27.7 Å². The van der Waals surface area contributed by atoms with Crippen LogP contribution in [0.1, 0.15) is 137 Å². The number of benzene rings is 4. The molecule has 0 spiro atoms. The van der Waals surface area contributed by atoms with Crippen LogP contribution in [0.4, 0.5) is 0 Å². The summed E-state index contributed by atoms with van der Waals surface area (Å²) in [5, 5.41) is 4.81. The van der Waals surface area contributed by atoms with Gasteiger partial charge < -0.3 is 9.05 Å². The summed E-state index contributed by atoms with van der Waals surface area (Å²) in [5.74, 6) is 1.69. The fourth-order valence-electron chi connectivity index (χ4n) is 6.32. The minimum Gasteiger partial charge on any atom is -0.417 e. The van der Waals surface area contributed by atoms with Gasteiger partial charge in [-0.05, 0) is 91.4 Å². The van der Waals surface area contributed by atoms with Crippen LogP contribution in [0, 0.1) is 0 Å². The van der Waals surface area contributed by atoms with Gasteiger partial charge in [-0.1, -0.05) is 139 Å². The quantitative estimate of drug-likeness (QED) is 0.196. The van der Waals surface area contributed by atoms with Crippen molar-refractivity contribution in [1.82, 2.24) is 0 Å². The van der Waals surface area contributed by atoms with Gasteiger partial charge in [0.05, 0.1) is 6.10 Å². The predicted molar refractivity (Wildman–Crippen MR) is 199 cm³/mol. The second-order valence-electron chi connectivity index (χ2n) is 17.6. The lowest BCUT2D eigenvalue weighted by Crippen LogP contribution is -2.19. The fraction of sp³-hybridized carbons (Fsp3) is 0.524. The molecule has 0 bridgehead atoms. The molecule has 0 aromatic heterocycles. The second-order valence-corrected chi connectivity index (χ2v) is 18.6. The summed E-state index contributed by atoms with van der Waals surface area (Å²) in [4.78, 5) is 0. The van der Waals surface area contributed by atoms with Crippen LogP contribution in [0.3, 0.4) is 0 Å². The highest BCUT2D eigenvalue weighted by Gasteiger charge is 2.31. The van der Waals surface area contributed by atoms with Crippen LogP contribution in [0.15, 0.2) is 60.7 Å². The van der Waals surface area contributed by atoms with Crippen LogP contribution in [-0.2, 0) is 26.2 Å². The molecule has 5 rings (SSSR count). The molecule has 0 heterocycles. The van der Waals surface area contributed by atoms with Gasteiger partial charge in [-0.3, -0.25) is 4.52 Å². The molecule has 1 saturated carbocycles. The van der Waals surface area contributed by atoms with Gasteiger partial charge in [0.1, 0.15) is 11.5 Å². The van der Waals surface area contributed by atoms with Crippen molar-refractivity contribution >= 4 is 30.1 Å². The molecule has 0 N–H and O–H groups in total. The third-order valence-corrected chi connectivity index (χ3v) is 10.5. The second kappa shape index (κ2) is 12.8. The van der Waals surface area contributed by atoms with Crippen molar-refractivity contribution in [1.29, 1.82) is 0 Å². The van der Waals surface area contributed by atoms with E-state index in [-0.39, 0.29) is 27.8 Å². The van der Waals surface area contributed by atoms with Crippen LogP contribution in [0.5, 0.6) is 11.5 Å². The van der Waals surface area contributed by atoms with Gasteiger partial charge in [0.25, 0.3) is 0 Å². The van der Waals surface area contributed by atoms with Crippen molar-refractivity contribution in [2.24, 2.45) is 0 Å². The summed E-state index contributed by atoms with van der Waals surface area (Å²) in [6.07, 6.45) is 5.87. The summed E-state index contributed by atoms with van der Waals surface area (Å²) in [5.41, 5.74) is 4.91. The zero-order valence-electron chi connectivity index (χ0n) is 30.6. The summed E-state index contributed by atoms with van der Waals surface area (Å²) in [6, 6.07) is 22.7. The van der Waals surface area contributed by atoms with Crippen molar-refractivity contribution in [3.05, 3.63) is 82.9 Å². The van der Waals surface area contributed by atoms with Gasteiger partial charge in [0, 0.05) is 11.1 Å². The largest absolute Gasteiger partial charge is 0.463 e. The molecule has 1 fully saturated rings. The Morgan fingerprint density at radius 2 is 0.891 bits per heavy atom. The smallest absolute Gasteiger partial charge is 0.417 e. The van der Waals surface area contributed by atoms with Crippen LogP contribution in [-0.4, -0.2) is 6.10 Å². The van der Waals surface area contributed by atoms with E-state index in [1.165, 1.54) is 63.1 Å². The van der Waals surface area contributed by atoms with E-state index in [9.17, 15) is 0 Å². The van der Waals surface area contributed by atoms with Crippen molar-refractivity contribution in [3.8, 4) is 11.5 Å². The zero-order chi connectivity index (χ0) is 33.7. The molecule has 0 amide bonds. The van der Waals surface area contributed by atoms with E-state index in [4.69, 9.17) is 13.6 Å². The van der Waals surface area contributed by atoms with Crippen molar-refractivity contribution in [2.45, 2.75) is 143 Å². The molecule has 4 heteroatoms. The van der Waals surface area contributed by atoms with E-state index in [1.54, 1.807) is 0 Å². The van der Waals surface area contributed by atoms with E-state index >= 15 is 0 Å². The molecular weight excluding hydrogens is 583 g/mol. The van der Waals surface area contributed by atoms with Crippen LogP contribution in [0.25, 0.3) is 21.5 Å². The molecule has 46 heavy (non-hydrogen) atoms. The third kappa shape index (κ3) is 8.08. The highest BCUT2D eigenvalue weighted by atomic mass is 31.2. The molecule has 1 aliphatic rings. The Labute approximate surface area is 280 Å². The zero-order valence-corrected chi connectivity index (χ0v) is 31.5. The maximum Gasteiger partial charge on any atom is 0.463 e. The number of rotatable bonds is 6. The first kappa shape index (κ1) is 34.7. The molecular formula is C42H57O3P. The Morgan fingerprint density at radius 1 is 0.478 bits per heavy atom. The molecule has 0 aliphatic heterocycles. The summed E-state index contributed by atoms with van der Waals surface area (Å²) in [6.45, 7) is 27.2. The molecule has 0 unspecified atom stereocenters. The molecule has 4 aromatic carbocycles. The molecule has 248 valence electrons. The van der Waals surface area contributed by atoms with Gasteiger partial charge in [-0.15, -0.1) is 0 Å². The molecule has 0 atom stereocenters. The molecule has 0 saturated heterocycles. The van der Waals surface area contributed by atoms with E-state index < -0.39 is 8.60 Å². The third-order valence-electron chi connectivity index (χ3n) is 9.36. The molecule has 0 radical (unpaired) electrons. The SMILES string of the molecule is CC(C)(C)c1ccc2cc(OP(Oc3cc4ccc(C(C)(C)C)cc4cc3C(C)(C)C)OC3CCCCC3)c(C(C)(C)C)cc2c1. The Kier molecular flexibility index (Phi) is 9.64. The number of fused-ring (bicyclic) bond motifs is 2. The lowest BCUT2D eigenvalue weighted by atomic mass is 9.83. The fourth-order valence-corrected chi connectivity index (χ4v) is 7.53. The van der Waals surface area contributed by atoms with E-state index in [0.29, 0.717) is 0 Å². The highest BCUT2D eigenvalue weighted by Crippen LogP contribution is 2.50. The average Bonchev–Trinajstić information content (AvgIpc) is 2.94. The van der Waals surface area contributed by atoms with Crippen LogP contribution in [0.2, 0.25) is 0 Å². The van der Waals surface area contributed by atoms with Gasteiger partial charge in [0.2, 0.25) is 0 Å². The molecule has 4 aromatic rings. The minimum absolute atomic E-state index is 0.0835. The van der Waals surface area contributed by atoms with Crippen LogP contribution >= 0.6 is 8.60 Å². The van der Waals surface area contributed by atoms with E-state index in [2.05, 4.69) is 144 Å². The van der Waals surface area contributed by atoms with Crippen molar-refractivity contribution in [2.75, 3.05) is 0 Å².